The number of hydrogen-bond donors (Lipinski definition) is 1. The van der Waals surface area contributed by atoms with Gasteiger partial charge in [-0.1, -0.05) is 32.0 Å². The highest BCUT2D eigenvalue weighted by Gasteiger charge is 2.31. The maximum atomic E-state index is 13.4. The Morgan fingerprint density at radius 1 is 1.09 bits per heavy atom. The summed E-state index contributed by atoms with van der Waals surface area (Å²) < 4.78 is 19.9. The summed E-state index contributed by atoms with van der Waals surface area (Å²) in [5.41, 5.74) is 1.45. The summed E-state index contributed by atoms with van der Waals surface area (Å²) in [6.07, 6.45) is 1.33. The Bertz CT molecular complexity index is 926. The van der Waals surface area contributed by atoms with E-state index in [-0.39, 0.29) is 30.8 Å². The molecule has 0 saturated heterocycles. The number of nitrogens with zero attached hydrogens (tertiary/aromatic N) is 1. The third kappa shape index (κ3) is 7.62. The molecule has 0 bridgehead atoms. The van der Waals surface area contributed by atoms with Crippen LogP contribution in [0.1, 0.15) is 52.2 Å². The van der Waals surface area contributed by atoms with E-state index in [0.717, 1.165) is 22.0 Å². The summed E-state index contributed by atoms with van der Waals surface area (Å²) in [7, 11) is 0. The van der Waals surface area contributed by atoms with E-state index < -0.39 is 11.6 Å². The van der Waals surface area contributed by atoms with Crippen LogP contribution in [0.2, 0.25) is 0 Å². The topological polar surface area (TPSA) is 58.6 Å². The molecular formula is C25H32BrFN2O3. The number of nitrogens with one attached hydrogen (secondary N) is 1. The van der Waals surface area contributed by atoms with E-state index in [1.807, 2.05) is 45.9 Å². The second kappa shape index (κ2) is 11.5. The smallest absolute Gasteiger partial charge is 0.261 e. The van der Waals surface area contributed by atoms with Crippen LogP contribution in [0.25, 0.3) is 0 Å². The van der Waals surface area contributed by atoms with E-state index >= 15 is 0 Å². The molecule has 0 saturated carbocycles. The number of carbonyl (C=O) groups excluding carboxylic acids is 2. The second-order valence-electron chi connectivity index (χ2n) is 8.72. The summed E-state index contributed by atoms with van der Waals surface area (Å²) in [6, 6.07) is 11.0. The van der Waals surface area contributed by atoms with Gasteiger partial charge >= 0.3 is 0 Å². The fraction of sp³-hybridized carbons (Fsp3) is 0.440. The lowest BCUT2D eigenvalue weighted by Crippen LogP contribution is -2.54. The van der Waals surface area contributed by atoms with Gasteiger partial charge in [-0.05, 0) is 84.9 Å². The van der Waals surface area contributed by atoms with E-state index in [0.29, 0.717) is 12.2 Å². The molecule has 0 radical (unpaired) electrons. The van der Waals surface area contributed by atoms with Crippen molar-refractivity contribution in [3.8, 4) is 5.75 Å². The van der Waals surface area contributed by atoms with Crippen LogP contribution < -0.4 is 10.1 Å². The molecule has 1 unspecified atom stereocenters. The van der Waals surface area contributed by atoms with Crippen LogP contribution in [-0.4, -0.2) is 34.9 Å². The van der Waals surface area contributed by atoms with E-state index in [4.69, 9.17) is 4.74 Å². The highest BCUT2D eigenvalue weighted by molar-refractivity contribution is 9.10. The van der Waals surface area contributed by atoms with Gasteiger partial charge in [-0.2, -0.15) is 0 Å². The van der Waals surface area contributed by atoms with E-state index in [1.165, 1.54) is 17.0 Å². The first-order valence-electron chi connectivity index (χ1n) is 10.8. The summed E-state index contributed by atoms with van der Waals surface area (Å²) in [5, 5.41) is 2.95. The van der Waals surface area contributed by atoms with Gasteiger partial charge in [0.25, 0.3) is 5.91 Å². The Morgan fingerprint density at radius 3 is 2.25 bits per heavy atom. The number of benzene rings is 2. The van der Waals surface area contributed by atoms with E-state index in [1.54, 1.807) is 12.1 Å². The zero-order valence-corrected chi connectivity index (χ0v) is 21.0. The van der Waals surface area contributed by atoms with Crippen molar-refractivity contribution < 1.29 is 18.7 Å². The molecule has 1 N–H and O–H groups in total. The van der Waals surface area contributed by atoms with Crippen molar-refractivity contribution in [2.75, 3.05) is 6.61 Å². The Morgan fingerprint density at radius 2 is 1.72 bits per heavy atom. The van der Waals surface area contributed by atoms with Crippen LogP contribution in [0, 0.1) is 5.82 Å². The third-order valence-electron chi connectivity index (χ3n) is 4.91. The Balaban J connectivity index is 2.24. The van der Waals surface area contributed by atoms with Gasteiger partial charge in [0, 0.05) is 12.1 Å². The second-order valence-corrected chi connectivity index (χ2v) is 9.57. The lowest BCUT2D eigenvalue weighted by Gasteiger charge is -2.33. The average molecular weight is 507 g/mol. The molecule has 1 atom stereocenters. The fourth-order valence-electron chi connectivity index (χ4n) is 3.26. The number of hydrogen-bond acceptors (Lipinski definition) is 3. The van der Waals surface area contributed by atoms with Crippen molar-refractivity contribution in [2.45, 2.75) is 65.6 Å². The van der Waals surface area contributed by atoms with Crippen molar-refractivity contribution in [1.29, 1.82) is 0 Å². The number of aryl methyl sites for hydroxylation is 1. The third-order valence-corrected chi connectivity index (χ3v) is 5.53. The summed E-state index contributed by atoms with van der Waals surface area (Å²) in [4.78, 5) is 27.7. The average Bonchev–Trinajstić information content (AvgIpc) is 2.72. The lowest BCUT2D eigenvalue weighted by atomic mass is 10.1. The molecule has 0 aliphatic carbocycles. The zero-order valence-electron chi connectivity index (χ0n) is 19.4. The molecule has 0 aliphatic rings. The van der Waals surface area contributed by atoms with Gasteiger partial charge < -0.3 is 15.0 Å². The molecule has 174 valence electrons. The molecule has 32 heavy (non-hydrogen) atoms. The SMILES string of the molecule is CCc1ccc(OCC(=O)N(Cc2ccc(F)cc2)C(CC)C(=O)NC(C)(C)C)c(Br)c1. The monoisotopic (exact) mass is 506 g/mol. The molecule has 7 heteroatoms. The number of carbonyl (C=O) groups is 2. The first-order chi connectivity index (χ1) is 15.0. The summed E-state index contributed by atoms with van der Waals surface area (Å²) in [6.45, 7) is 9.56. The van der Waals surface area contributed by atoms with E-state index in [2.05, 4.69) is 28.2 Å². The van der Waals surface area contributed by atoms with Crippen LogP contribution in [0.4, 0.5) is 4.39 Å². The van der Waals surface area contributed by atoms with Crippen molar-refractivity contribution in [1.82, 2.24) is 10.2 Å². The quantitative estimate of drug-likeness (QED) is 0.505. The van der Waals surface area contributed by atoms with Crippen LogP contribution in [-0.2, 0) is 22.6 Å². The molecule has 2 aromatic rings. The Labute approximate surface area is 198 Å². The molecule has 5 nitrogen and oxygen atoms in total. The van der Waals surface area contributed by atoms with Gasteiger partial charge in [0.2, 0.25) is 5.91 Å². The molecule has 0 aliphatic heterocycles. The largest absolute Gasteiger partial charge is 0.483 e. The highest BCUT2D eigenvalue weighted by atomic mass is 79.9. The van der Waals surface area contributed by atoms with E-state index in [9.17, 15) is 14.0 Å². The van der Waals surface area contributed by atoms with Gasteiger partial charge in [0.1, 0.15) is 17.6 Å². The van der Waals surface area contributed by atoms with Crippen molar-refractivity contribution >= 4 is 27.7 Å². The molecule has 2 rings (SSSR count). The number of amides is 2. The maximum Gasteiger partial charge on any atom is 0.261 e. The minimum absolute atomic E-state index is 0.175. The zero-order chi connectivity index (χ0) is 23.9. The predicted molar refractivity (Wildman–Crippen MR) is 128 cm³/mol. The maximum absolute atomic E-state index is 13.4. The lowest BCUT2D eigenvalue weighted by molar-refractivity contribution is -0.143. The normalized spacial score (nSPS) is 12.2. The van der Waals surface area contributed by atoms with Gasteiger partial charge in [-0.15, -0.1) is 0 Å². The first kappa shape index (κ1) is 25.8. The Hall–Kier alpha value is -2.41. The van der Waals surface area contributed by atoms with Crippen LogP contribution in [0.15, 0.2) is 46.9 Å². The molecule has 0 fully saturated rings. The minimum atomic E-state index is -0.679. The number of halogens is 2. The molecule has 0 spiro atoms. The predicted octanol–water partition coefficient (Wildman–Crippen LogP) is 5.25. The van der Waals surface area contributed by atoms with Crippen LogP contribution in [0.3, 0.4) is 0 Å². The standard InChI is InChI=1S/C25H32BrFN2O3/c1-6-17-10-13-22(20(26)14-17)32-16-23(30)29(15-18-8-11-19(27)12-9-18)21(7-2)24(31)28-25(3,4)5/h8-14,21H,6-7,15-16H2,1-5H3,(H,28,31). The molecule has 2 aromatic carbocycles. The van der Waals surface area contributed by atoms with Gasteiger partial charge in [-0.3, -0.25) is 9.59 Å². The molecule has 0 heterocycles. The number of rotatable bonds is 9. The van der Waals surface area contributed by atoms with Crippen molar-refractivity contribution in [2.24, 2.45) is 0 Å². The van der Waals surface area contributed by atoms with Gasteiger partial charge in [0.15, 0.2) is 6.61 Å². The highest BCUT2D eigenvalue weighted by Crippen LogP contribution is 2.26. The Kier molecular flexibility index (Phi) is 9.25. The summed E-state index contributed by atoms with van der Waals surface area (Å²) in [5.74, 6) is -0.349. The molecular weight excluding hydrogens is 475 g/mol. The van der Waals surface area contributed by atoms with Crippen LogP contribution >= 0.6 is 15.9 Å². The molecule has 2 amide bonds. The van der Waals surface area contributed by atoms with Gasteiger partial charge in [-0.25, -0.2) is 4.39 Å². The van der Waals surface area contributed by atoms with Crippen LogP contribution in [0.5, 0.6) is 5.75 Å². The fourth-order valence-corrected chi connectivity index (χ4v) is 3.80. The molecule has 0 aromatic heterocycles. The summed E-state index contributed by atoms with van der Waals surface area (Å²) >= 11 is 3.48. The van der Waals surface area contributed by atoms with Crippen molar-refractivity contribution in [3.05, 3.63) is 63.9 Å². The van der Waals surface area contributed by atoms with Crippen molar-refractivity contribution in [3.63, 3.8) is 0 Å². The number of ether oxygens (including phenoxy) is 1. The first-order valence-corrected chi connectivity index (χ1v) is 11.6. The minimum Gasteiger partial charge on any atom is -0.483 e. The van der Waals surface area contributed by atoms with Gasteiger partial charge in [0.05, 0.1) is 4.47 Å².